The second-order valence-electron chi connectivity index (χ2n) is 3.77. The number of nitrogens with zero attached hydrogens (tertiary/aromatic N) is 1. The SMILES string of the molecule is COCc1cc(C(=O)NC2CCNC2)no1. The second kappa shape index (κ2) is 5.09. The maximum atomic E-state index is 11.7. The van der Waals surface area contributed by atoms with Gasteiger partial charge < -0.3 is 19.9 Å². The first-order valence-electron chi connectivity index (χ1n) is 5.25. The van der Waals surface area contributed by atoms with E-state index in [0.29, 0.717) is 18.1 Å². The van der Waals surface area contributed by atoms with Crippen molar-refractivity contribution >= 4 is 5.91 Å². The van der Waals surface area contributed by atoms with Gasteiger partial charge in [0.2, 0.25) is 0 Å². The average molecular weight is 225 g/mol. The minimum atomic E-state index is -0.195. The summed E-state index contributed by atoms with van der Waals surface area (Å²) in [6.07, 6.45) is 0.953. The summed E-state index contributed by atoms with van der Waals surface area (Å²) in [7, 11) is 1.56. The van der Waals surface area contributed by atoms with Gasteiger partial charge in [-0.3, -0.25) is 4.79 Å². The van der Waals surface area contributed by atoms with Crippen LogP contribution in [-0.4, -0.2) is 37.3 Å². The fraction of sp³-hybridized carbons (Fsp3) is 0.600. The molecule has 1 aliphatic rings. The molecule has 0 spiro atoms. The molecule has 6 nitrogen and oxygen atoms in total. The molecule has 1 unspecified atom stereocenters. The largest absolute Gasteiger partial charge is 0.377 e. The first-order valence-corrected chi connectivity index (χ1v) is 5.25. The number of rotatable bonds is 4. The summed E-state index contributed by atoms with van der Waals surface area (Å²) in [6, 6.07) is 1.79. The predicted molar refractivity (Wildman–Crippen MR) is 56.0 cm³/mol. The van der Waals surface area contributed by atoms with Crippen LogP contribution < -0.4 is 10.6 Å². The molecule has 2 heterocycles. The summed E-state index contributed by atoms with van der Waals surface area (Å²) in [4.78, 5) is 11.7. The molecule has 6 heteroatoms. The lowest BCUT2D eigenvalue weighted by molar-refractivity contribution is 0.0930. The fourth-order valence-corrected chi connectivity index (χ4v) is 1.67. The predicted octanol–water partition coefficient (Wildman–Crippen LogP) is -0.0873. The van der Waals surface area contributed by atoms with Gasteiger partial charge in [0.1, 0.15) is 6.61 Å². The van der Waals surface area contributed by atoms with Crippen LogP contribution in [0.1, 0.15) is 22.7 Å². The van der Waals surface area contributed by atoms with Crippen LogP contribution in [0, 0.1) is 0 Å². The van der Waals surface area contributed by atoms with Gasteiger partial charge in [0.05, 0.1) is 0 Å². The number of carbonyl (C=O) groups excluding carboxylic acids is 1. The average Bonchev–Trinajstić information content (AvgIpc) is 2.89. The highest BCUT2D eigenvalue weighted by Gasteiger charge is 2.19. The van der Waals surface area contributed by atoms with E-state index in [1.165, 1.54) is 0 Å². The number of ether oxygens (including phenoxy) is 1. The molecule has 88 valence electrons. The van der Waals surface area contributed by atoms with E-state index < -0.39 is 0 Å². The highest BCUT2D eigenvalue weighted by molar-refractivity contribution is 5.92. The lowest BCUT2D eigenvalue weighted by Crippen LogP contribution is -2.36. The lowest BCUT2D eigenvalue weighted by Gasteiger charge is -2.08. The fourth-order valence-electron chi connectivity index (χ4n) is 1.67. The van der Waals surface area contributed by atoms with E-state index in [0.717, 1.165) is 19.5 Å². The molecule has 1 fully saturated rings. The molecule has 0 aliphatic carbocycles. The third-order valence-corrected chi connectivity index (χ3v) is 2.47. The standard InChI is InChI=1S/C10H15N3O3/c1-15-6-8-4-9(13-16-8)10(14)12-7-2-3-11-5-7/h4,7,11H,2-3,5-6H2,1H3,(H,12,14). The number of carbonyl (C=O) groups is 1. The smallest absolute Gasteiger partial charge is 0.273 e. The van der Waals surface area contributed by atoms with Crippen molar-refractivity contribution in [3.63, 3.8) is 0 Å². The number of aromatic nitrogens is 1. The molecule has 0 saturated carbocycles. The third kappa shape index (κ3) is 2.59. The van der Waals surface area contributed by atoms with Crippen LogP contribution in [0.5, 0.6) is 0 Å². The second-order valence-corrected chi connectivity index (χ2v) is 3.77. The number of amides is 1. The maximum Gasteiger partial charge on any atom is 0.273 e. The van der Waals surface area contributed by atoms with E-state index in [1.54, 1.807) is 13.2 Å². The Hall–Kier alpha value is -1.40. The Morgan fingerprint density at radius 1 is 1.81 bits per heavy atom. The highest BCUT2D eigenvalue weighted by Crippen LogP contribution is 2.06. The van der Waals surface area contributed by atoms with Crippen molar-refractivity contribution in [1.82, 2.24) is 15.8 Å². The van der Waals surface area contributed by atoms with Gasteiger partial charge in [0.15, 0.2) is 11.5 Å². The highest BCUT2D eigenvalue weighted by atomic mass is 16.5. The molecule has 1 aliphatic heterocycles. The van der Waals surface area contributed by atoms with Gasteiger partial charge in [-0.05, 0) is 13.0 Å². The van der Waals surface area contributed by atoms with Gasteiger partial charge in [0, 0.05) is 25.8 Å². The van der Waals surface area contributed by atoms with E-state index in [-0.39, 0.29) is 11.9 Å². The summed E-state index contributed by atoms with van der Waals surface area (Å²) in [5.41, 5.74) is 0.305. The number of hydrogen-bond acceptors (Lipinski definition) is 5. The monoisotopic (exact) mass is 225 g/mol. The lowest BCUT2D eigenvalue weighted by atomic mass is 10.2. The Kier molecular flexibility index (Phi) is 3.53. The molecule has 0 radical (unpaired) electrons. The molecule has 2 N–H and O–H groups in total. The van der Waals surface area contributed by atoms with Crippen molar-refractivity contribution in [2.24, 2.45) is 0 Å². The zero-order chi connectivity index (χ0) is 11.4. The van der Waals surface area contributed by atoms with Crippen molar-refractivity contribution in [3.05, 3.63) is 17.5 Å². The van der Waals surface area contributed by atoms with Crippen molar-refractivity contribution in [2.75, 3.05) is 20.2 Å². The summed E-state index contributed by atoms with van der Waals surface area (Å²) in [5, 5.41) is 9.75. The summed E-state index contributed by atoms with van der Waals surface area (Å²) < 4.78 is 9.82. The summed E-state index contributed by atoms with van der Waals surface area (Å²) in [6.45, 7) is 2.08. The van der Waals surface area contributed by atoms with Gasteiger partial charge in [-0.1, -0.05) is 5.16 Å². The molecule has 1 atom stereocenters. The Bertz CT molecular complexity index is 358. The molecular weight excluding hydrogens is 210 g/mol. The van der Waals surface area contributed by atoms with Crippen molar-refractivity contribution < 1.29 is 14.1 Å². The first-order chi connectivity index (χ1) is 7.79. The Labute approximate surface area is 93.3 Å². The van der Waals surface area contributed by atoms with Gasteiger partial charge in [-0.15, -0.1) is 0 Å². The molecule has 0 aromatic carbocycles. The summed E-state index contributed by atoms with van der Waals surface area (Å²) in [5.74, 6) is 0.358. The Balaban J connectivity index is 1.91. The molecule has 1 aromatic rings. The van der Waals surface area contributed by atoms with Gasteiger partial charge in [-0.2, -0.15) is 0 Å². The Morgan fingerprint density at radius 3 is 3.38 bits per heavy atom. The van der Waals surface area contributed by atoms with Gasteiger partial charge in [0.25, 0.3) is 5.91 Å². The molecule has 1 amide bonds. The van der Waals surface area contributed by atoms with E-state index in [2.05, 4.69) is 15.8 Å². The number of methoxy groups -OCH3 is 1. The molecule has 2 rings (SSSR count). The molecule has 0 bridgehead atoms. The first kappa shape index (κ1) is 11.1. The zero-order valence-corrected chi connectivity index (χ0v) is 9.16. The van der Waals surface area contributed by atoms with Crippen LogP contribution in [0.25, 0.3) is 0 Å². The van der Waals surface area contributed by atoms with Crippen LogP contribution >= 0.6 is 0 Å². The van der Waals surface area contributed by atoms with Crippen molar-refractivity contribution in [1.29, 1.82) is 0 Å². The minimum absolute atomic E-state index is 0.190. The Morgan fingerprint density at radius 2 is 2.69 bits per heavy atom. The molecule has 1 saturated heterocycles. The maximum absolute atomic E-state index is 11.7. The number of nitrogens with one attached hydrogen (secondary N) is 2. The van der Waals surface area contributed by atoms with Crippen molar-refractivity contribution in [3.8, 4) is 0 Å². The van der Waals surface area contributed by atoms with Crippen LogP contribution in [0.2, 0.25) is 0 Å². The van der Waals surface area contributed by atoms with Gasteiger partial charge in [-0.25, -0.2) is 0 Å². The quantitative estimate of drug-likeness (QED) is 0.749. The van der Waals surface area contributed by atoms with Crippen LogP contribution in [0.3, 0.4) is 0 Å². The normalized spacial score (nSPS) is 19.9. The minimum Gasteiger partial charge on any atom is -0.377 e. The van der Waals surface area contributed by atoms with Crippen molar-refractivity contribution in [2.45, 2.75) is 19.1 Å². The molecule has 1 aromatic heterocycles. The third-order valence-electron chi connectivity index (χ3n) is 2.47. The van der Waals surface area contributed by atoms with E-state index in [4.69, 9.17) is 9.26 Å². The van der Waals surface area contributed by atoms with E-state index in [9.17, 15) is 4.79 Å². The van der Waals surface area contributed by atoms with Gasteiger partial charge >= 0.3 is 0 Å². The zero-order valence-electron chi connectivity index (χ0n) is 9.16. The molecule has 16 heavy (non-hydrogen) atoms. The van der Waals surface area contributed by atoms with Crippen LogP contribution in [-0.2, 0) is 11.3 Å². The molecular formula is C10H15N3O3. The number of hydrogen-bond donors (Lipinski definition) is 2. The van der Waals surface area contributed by atoms with Crippen LogP contribution in [0.15, 0.2) is 10.6 Å². The summed E-state index contributed by atoms with van der Waals surface area (Å²) >= 11 is 0. The van der Waals surface area contributed by atoms with E-state index in [1.807, 2.05) is 0 Å². The van der Waals surface area contributed by atoms with Crippen LogP contribution in [0.4, 0.5) is 0 Å². The topological polar surface area (TPSA) is 76.4 Å². The van der Waals surface area contributed by atoms with E-state index >= 15 is 0 Å².